The van der Waals surface area contributed by atoms with Crippen molar-refractivity contribution in [2.24, 2.45) is 0 Å². The molecule has 0 aliphatic carbocycles. The number of hydrogen-bond donors (Lipinski definition) is 0. The van der Waals surface area contributed by atoms with Gasteiger partial charge in [-0.3, -0.25) is 0 Å². The predicted octanol–water partition coefficient (Wildman–Crippen LogP) is 8.34. The lowest BCUT2D eigenvalue weighted by molar-refractivity contribution is 0.624. The quantitative estimate of drug-likeness (QED) is 0.182. The van der Waals surface area contributed by atoms with Gasteiger partial charge in [-0.2, -0.15) is 0 Å². The van der Waals surface area contributed by atoms with E-state index < -0.39 is 7.26 Å². The molecule has 2 heteroatoms. The van der Waals surface area contributed by atoms with Crippen molar-refractivity contribution in [2.45, 2.75) is 105 Å². The molecule has 0 unspecified atom stereocenters. The van der Waals surface area contributed by atoms with Crippen LogP contribution in [0.5, 0.6) is 0 Å². The third-order valence-electron chi connectivity index (χ3n) is 4.94. The second-order valence-corrected chi connectivity index (χ2v) is 11.5. The fourth-order valence-corrected chi connectivity index (χ4v) is 8.58. The van der Waals surface area contributed by atoms with Gasteiger partial charge in [0.15, 0.2) is 0 Å². The summed E-state index contributed by atoms with van der Waals surface area (Å²) >= 11 is 0. The lowest BCUT2D eigenvalue weighted by atomic mass is 10.1. The lowest BCUT2D eigenvalue weighted by Crippen LogP contribution is -2.13. The van der Waals surface area contributed by atoms with E-state index in [1.807, 2.05) is 0 Å². The maximum atomic E-state index is 2.37. The van der Waals surface area contributed by atoms with Crippen molar-refractivity contribution < 1.29 is 0 Å². The van der Waals surface area contributed by atoms with Gasteiger partial charge in [0.1, 0.15) is 0 Å². The number of hydrogen-bond acceptors (Lipinski definition) is 0. The van der Waals surface area contributed by atoms with Crippen LogP contribution in [0.15, 0.2) is 0 Å². The van der Waals surface area contributed by atoms with Crippen molar-refractivity contribution >= 4 is 24.2 Å². The molecule has 0 saturated heterocycles. The van der Waals surface area contributed by atoms with E-state index in [-0.39, 0.29) is 17.0 Å². The zero-order valence-corrected chi connectivity index (χ0v) is 18.8. The fourth-order valence-electron chi connectivity index (χ4n) is 3.38. The molecule has 0 spiro atoms. The normalized spacial score (nSPS) is 11.5. The van der Waals surface area contributed by atoms with Crippen LogP contribution in [0.25, 0.3) is 0 Å². The van der Waals surface area contributed by atoms with E-state index in [0.717, 1.165) is 0 Å². The van der Waals surface area contributed by atoms with Gasteiger partial charge in [0, 0.05) is 7.26 Å². The molecule has 0 aromatic rings. The lowest BCUT2D eigenvalue weighted by Gasteiger charge is -2.28. The van der Waals surface area contributed by atoms with Crippen LogP contribution < -0.4 is 0 Å². The number of rotatable bonds is 16. The zero-order valence-electron chi connectivity index (χ0n) is 16.2. The van der Waals surface area contributed by atoms with Crippen molar-refractivity contribution in [2.75, 3.05) is 24.6 Å². The van der Waals surface area contributed by atoms with Crippen molar-refractivity contribution in [3.63, 3.8) is 0 Å². The Hall–Kier alpha value is 0.910. The molecule has 0 aromatic heterocycles. The van der Waals surface area contributed by atoms with E-state index >= 15 is 0 Å². The number of halogens is 1. The first-order valence-corrected chi connectivity index (χ1v) is 12.6. The van der Waals surface area contributed by atoms with Gasteiger partial charge in [-0.15, -0.1) is 17.0 Å². The summed E-state index contributed by atoms with van der Waals surface area (Å²) in [4.78, 5) is 0. The molecule has 22 heavy (non-hydrogen) atoms. The van der Waals surface area contributed by atoms with Crippen molar-refractivity contribution in [3.05, 3.63) is 0 Å². The highest BCUT2D eigenvalue weighted by Crippen LogP contribution is 2.61. The summed E-state index contributed by atoms with van der Waals surface area (Å²) in [5.41, 5.74) is 0. The summed E-state index contributed by atoms with van der Waals surface area (Å²) in [5, 5.41) is 0. The Kier molecular flexibility index (Phi) is 20.9. The Labute approximate surface area is 153 Å². The predicted molar refractivity (Wildman–Crippen MR) is 115 cm³/mol. The van der Waals surface area contributed by atoms with E-state index in [0.29, 0.717) is 0 Å². The van der Waals surface area contributed by atoms with E-state index in [1.54, 1.807) is 24.6 Å². The summed E-state index contributed by atoms with van der Waals surface area (Å²) < 4.78 is 0. The average molecular weight is 396 g/mol. The molecule has 0 nitrogen and oxygen atoms in total. The SMILES string of the molecule is Br.CCCCCCCC[P+](CCCC)(CCCC)CCCC. The van der Waals surface area contributed by atoms with Crippen LogP contribution in [0, 0.1) is 0 Å². The minimum Gasteiger partial charge on any atom is -0.114 e. The largest absolute Gasteiger partial charge is 0.114 e. The van der Waals surface area contributed by atoms with Gasteiger partial charge >= 0.3 is 0 Å². The first-order valence-electron chi connectivity index (χ1n) is 10.1. The Bertz CT molecular complexity index is 184. The minimum absolute atomic E-state index is 0. The molecule has 0 atom stereocenters. The van der Waals surface area contributed by atoms with Gasteiger partial charge in [-0.1, -0.05) is 72.6 Å². The third-order valence-corrected chi connectivity index (χ3v) is 10.0. The minimum atomic E-state index is -0.601. The third kappa shape index (κ3) is 13.4. The summed E-state index contributed by atoms with van der Waals surface area (Å²) in [6, 6.07) is 0. The standard InChI is InChI=1S/C20H44P.BrH/c1-5-9-13-14-15-16-20-21(17-10-6-2,18-11-7-3)19-12-8-4;/h5-20H2,1-4H3;1H/q+1;. The number of unbranched alkanes of at least 4 members (excludes halogenated alkanes) is 8. The second-order valence-electron chi connectivity index (χ2n) is 7.06. The van der Waals surface area contributed by atoms with E-state index in [4.69, 9.17) is 0 Å². The monoisotopic (exact) mass is 395 g/mol. The Morgan fingerprint density at radius 1 is 0.409 bits per heavy atom. The van der Waals surface area contributed by atoms with E-state index in [9.17, 15) is 0 Å². The first-order chi connectivity index (χ1) is 10.2. The topological polar surface area (TPSA) is 0 Å². The van der Waals surface area contributed by atoms with Crippen LogP contribution in [0.2, 0.25) is 0 Å². The molecule has 0 radical (unpaired) electrons. The van der Waals surface area contributed by atoms with Gasteiger partial charge in [-0.25, -0.2) is 0 Å². The van der Waals surface area contributed by atoms with Gasteiger partial charge < -0.3 is 0 Å². The molecular formula is C20H45BrP+. The molecule has 0 saturated carbocycles. The maximum Gasteiger partial charge on any atom is 0.0594 e. The molecule has 0 rings (SSSR count). The average Bonchev–Trinajstić information content (AvgIpc) is 2.51. The van der Waals surface area contributed by atoms with E-state index in [1.165, 1.54) is 77.0 Å². The van der Waals surface area contributed by atoms with Gasteiger partial charge in [0.05, 0.1) is 24.6 Å². The summed E-state index contributed by atoms with van der Waals surface area (Å²) in [6.45, 7) is 9.44. The van der Waals surface area contributed by atoms with E-state index in [2.05, 4.69) is 27.7 Å². The molecule has 0 heterocycles. The van der Waals surface area contributed by atoms with Gasteiger partial charge in [0.25, 0.3) is 0 Å². The molecule has 0 aromatic carbocycles. The molecule has 0 bridgehead atoms. The highest BCUT2D eigenvalue weighted by atomic mass is 79.9. The molecular weight excluding hydrogens is 351 g/mol. The molecule has 136 valence electrons. The summed E-state index contributed by atoms with van der Waals surface area (Å²) in [6.07, 6.45) is 24.0. The van der Waals surface area contributed by atoms with Crippen LogP contribution in [-0.2, 0) is 0 Å². The van der Waals surface area contributed by atoms with Crippen molar-refractivity contribution in [3.8, 4) is 0 Å². The van der Waals surface area contributed by atoms with Crippen LogP contribution >= 0.6 is 24.2 Å². The first kappa shape index (κ1) is 25.2. The zero-order chi connectivity index (χ0) is 15.8. The molecule has 0 aliphatic heterocycles. The smallest absolute Gasteiger partial charge is 0.0594 e. The maximum absolute atomic E-state index is 2.37. The van der Waals surface area contributed by atoms with Gasteiger partial charge in [0.2, 0.25) is 0 Å². The van der Waals surface area contributed by atoms with Crippen molar-refractivity contribution in [1.29, 1.82) is 0 Å². The second kappa shape index (κ2) is 18.3. The fraction of sp³-hybridized carbons (Fsp3) is 1.00. The molecule has 0 aliphatic rings. The van der Waals surface area contributed by atoms with Gasteiger partial charge in [-0.05, 0) is 32.1 Å². The van der Waals surface area contributed by atoms with Crippen molar-refractivity contribution in [1.82, 2.24) is 0 Å². The van der Waals surface area contributed by atoms with Crippen LogP contribution in [-0.4, -0.2) is 24.6 Å². The van der Waals surface area contributed by atoms with Crippen LogP contribution in [0.4, 0.5) is 0 Å². The molecule has 0 amide bonds. The Morgan fingerprint density at radius 2 is 0.727 bits per heavy atom. The summed E-state index contributed by atoms with van der Waals surface area (Å²) in [7, 11) is -0.601. The summed E-state index contributed by atoms with van der Waals surface area (Å²) in [5.74, 6) is 0. The Balaban J connectivity index is 0. The van der Waals surface area contributed by atoms with Crippen LogP contribution in [0.3, 0.4) is 0 Å². The molecule has 0 N–H and O–H groups in total. The Morgan fingerprint density at radius 3 is 1.14 bits per heavy atom. The van der Waals surface area contributed by atoms with Crippen LogP contribution in [0.1, 0.15) is 105 Å². The highest BCUT2D eigenvalue weighted by Gasteiger charge is 2.34. The highest BCUT2D eigenvalue weighted by molar-refractivity contribution is 8.93. The molecule has 0 fully saturated rings.